The van der Waals surface area contributed by atoms with Crippen molar-refractivity contribution in [3.63, 3.8) is 0 Å². The molecule has 2 N–H and O–H groups in total. The predicted octanol–water partition coefficient (Wildman–Crippen LogP) is 2.88. The minimum atomic E-state index is -0.263. The van der Waals surface area contributed by atoms with Gasteiger partial charge in [-0.3, -0.25) is 9.78 Å². The third-order valence-electron chi connectivity index (χ3n) is 5.35. The monoisotopic (exact) mass is 402 g/mol. The Morgan fingerprint density at radius 2 is 2.14 bits per heavy atom. The molecule has 0 bridgehead atoms. The van der Waals surface area contributed by atoms with E-state index >= 15 is 0 Å². The Labute approximate surface area is 168 Å². The minimum absolute atomic E-state index is 0.0425. The van der Waals surface area contributed by atoms with Crippen LogP contribution in [0, 0.1) is 12.8 Å². The Bertz CT molecular complexity index is 902. The van der Waals surface area contributed by atoms with E-state index in [1.54, 1.807) is 18.5 Å². The fourth-order valence-corrected chi connectivity index (χ4v) is 3.63. The first-order valence-electron chi connectivity index (χ1n) is 9.33. The first-order chi connectivity index (χ1) is 13.4. The molecule has 0 unspecified atom stereocenters. The number of carbonyl (C=O) groups excluding carboxylic acids is 1. The Morgan fingerprint density at radius 3 is 2.89 bits per heavy atom. The highest BCUT2D eigenvalue weighted by molar-refractivity contribution is 6.30. The zero-order valence-electron chi connectivity index (χ0n) is 16.1. The molecule has 2 aliphatic rings. The van der Waals surface area contributed by atoms with Crippen LogP contribution in [0.1, 0.15) is 25.5 Å². The van der Waals surface area contributed by atoms with Crippen LogP contribution in [0.15, 0.2) is 18.5 Å². The summed E-state index contributed by atoms with van der Waals surface area (Å²) in [4.78, 5) is 27.0. The number of hydrogen-bond donors (Lipinski definition) is 2. The van der Waals surface area contributed by atoms with E-state index in [9.17, 15) is 4.79 Å². The molecule has 1 amide bonds. The van der Waals surface area contributed by atoms with Crippen molar-refractivity contribution in [2.45, 2.75) is 38.8 Å². The third-order valence-corrected chi connectivity index (χ3v) is 5.55. The molecule has 2 aromatic heterocycles. The Hall–Kier alpha value is -2.61. The number of carbonyl (C=O) groups is 1. The van der Waals surface area contributed by atoms with Crippen LogP contribution < -0.4 is 20.3 Å². The normalized spacial score (nSPS) is 23.5. The molecular weight excluding hydrogens is 380 g/mol. The number of ether oxygens (including phenoxy) is 1. The van der Waals surface area contributed by atoms with Gasteiger partial charge in [0, 0.05) is 25.4 Å². The summed E-state index contributed by atoms with van der Waals surface area (Å²) in [5, 5.41) is 6.87. The van der Waals surface area contributed by atoms with E-state index in [-0.39, 0.29) is 11.9 Å². The number of aromatic nitrogens is 3. The van der Waals surface area contributed by atoms with Crippen molar-refractivity contribution < 1.29 is 9.53 Å². The van der Waals surface area contributed by atoms with Crippen LogP contribution in [0.2, 0.25) is 5.02 Å². The van der Waals surface area contributed by atoms with Gasteiger partial charge in [-0.2, -0.15) is 4.98 Å². The van der Waals surface area contributed by atoms with Crippen LogP contribution in [-0.4, -0.2) is 46.6 Å². The largest absolute Gasteiger partial charge is 0.492 e. The molecule has 28 heavy (non-hydrogen) atoms. The minimum Gasteiger partial charge on any atom is -0.492 e. The number of rotatable bonds is 5. The summed E-state index contributed by atoms with van der Waals surface area (Å²) in [5.41, 5.74) is 1.44. The Balaban J connectivity index is 1.34. The van der Waals surface area contributed by atoms with E-state index < -0.39 is 0 Å². The fourth-order valence-electron chi connectivity index (χ4n) is 3.47. The molecule has 1 atom stereocenters. The lowest BCUT2D eigenvalue weighted by atomic mass is 9.81. The lowest BCUT2D eigenvalue weighted by Crippen LogP contribution is -2.45. The molecule has 2 aromatic rings. The summed E-state index contributed by atoms with van der Waals surface area (Å²) in [5.74, 6) is 2.46. The highest BCUT2D eigenvalue weighted by Gasteiger charge is 2.33. The molecule has 8 nitrogen and oxygen atoms in total. The number of halogens is 1. The van der Waals surface area contributed by atoms with Gasteiger partial charge in [0.15, 0.2) is 5.82 Å². The lowest BCUT2D eigenvalue weighted by Gasteiger charge is -2.36. The van der Waals surface area contributed by atoms with Gasteiger partial charge in [-0.15, -0.1) is 0 Å². The molecular formula is C19H23ClN6O2. The molecule has 4 rings (SSSR count). The molecule has 1 fully saturated rings. The van der Waals surface area contributed by atoms with E-state index in [1.165, 1.54) is 0 Å². The maximum Gasteiger partial charge on any atom is 0.246 e. The second-order valence-corrected chi connectivity index (χ2v) is 7.87. The van der Waals surface area contributed by atoms with Gasteiger partial charge in [0.25, 0.3) is 0 Å². The molecule has 0 spiro atoms. The SMILES string of the molecule is Cc1nc(NC2CC(COc3cncc(Cl)c3)C2)nc2c1NC(=O)[C@H](C)N2C. The van der Waals surface area contributed by atoms with Gasteiger partial charge in [-0.05, 0) is 32.6 Å². The summed E-state index contributed by atoms with van der Waals surface area (Å²) in [6, 6.07) is 1.81. The Kier molecular flexibility index (Phi) is 4.97. The van der Waals surface area contributed by atoms with E-state index in [0.717, 1.165) is 24.4 Å². The van der Waals surface area contributed by atoms with Crippen molar-refractivity contribution in [3.05, 3.63) is 29.2 Å². The van der Waals surface area contributed by atoms with Crippen molar-refractivity contribution in [3.8, 4) is 5.75 Å². The Morgan fingerprint density at radius 1 is 1.36 bits per heavy atom. The average Bonchev–Trinajstić information content (AvgIpc) is 2.63. The molecule has 1 saturated carbocycles. The first-order valence-corrected chi connectivity index (χ1v) is 9.70. The van der Waals surface area contributed by atoms with Crippen LogP contribution in [0.4, 0.5) is 17.5 Å². The molecule has 0 saturated heterocycles. The van der Waals surface area contributed by atoms with Crippen LogP contribution in [0.25, 0.3) is 0 Å². The van der Waals surface area contributed by atoms with Crippen LogP contribution in [-0.2, 0) is 4.79 Å². The number of likely N-dealkylation sites (N-methyl/N-ethyl adjacent to an activating group) is 1. The summed E-state index contributed by atoms with van der Waals surface area (Å²) in [7, 11) is 1.87. The van der Waals surface area contributed by atoms with Crippen molar-refractivity contribution in [2.75, 3.05) is 29.2 Å². The number of nitrogens with zero attached hydrogens (tertiary/aromatic N) is 4. The molecule has 1 aliphatic carbocycles. The molecule has 1 aliphatic heterocycles. The number of aryl methyl sites for hydroxylation is 1. The van der Waals surface area contributed by atoms with Crippen LogP contribution in [0.5, 0.6) is 5.75 Å². The predicted molar refractivity (Wildman–Crippen MR) is 108 cm³/mol. The van der Waals surface area contributed by atoms with Crippen molar-refractivity contribution in [1.82, 2.24) is 15.0 Å². The average molecular weight is 403 g/mol. The highest BCUT2D eigenvalue weighted by Crippen LogP contribution is 2.34. The quantitative estimate of drug-likeness (QED) is 0.794. The number of pyridine rings is 1. The third kappa shape index (κ3) is 3.69. The van der Waals surface area contributed by atoms with Crippen molar-refractivity contribution in [2.24, 2.45) is 5.92 Å². The number of hydrogen-bond acceptors (Lipinski definition) is 7. The number of anilines is 3. The van der Waals surface area contributed by atoms with E-state index in [1.807, 2.05) is 25.8 Å². The van der Waals surface area contributed by atoms with Gasteiger partial charge >= 0.3 is 0 Å². The van der Waals surface area contributed by atoms with Gasteiger partial charge in [0.1, 0.15) is 17.5 Å². The molecule has 0 radical (unpaired) electrons. The van der Waals surface area contributed by atoms with E-state index in [0.29, 0.717) is 41.0 Å². The number of amides is 1. The van der Waals surface area contributed by atoms with Gasteiger partial charge < -0.3 is 20.3 Å². The molecule has 9 heteroatoms. The highest BCUT2D eigenvalue weighted by atomic mass is 35.5. The van der Waals surface area contributed by atoms with Crippen molar-refractivity contribution >= 4 is 35.0 Å². The van der Waals surface area contributed by atoms with Crippen LogP contribution in [0.3, 0.4) is 0 Å². The van der Waals surface area contributed by atoms with E-state index in [2.05, 4.69) is 25.6 Å². The maximum absolute atomic E-state index is 12.0. The van der Waals surface area contributed by atoms with Crippen molar-refractivity contribution in [1.29, 1.82) is 0 Å². The van der Waals surface area contributed by atoms with Crippen LogP contribution >= 0.6 is 11.6 Å². The second kappa shape index (κ2) is 7.43. The molecule has 0 aromatic carbocycles. The zero-order valence-corrected chi connectivity index (χ0v) is 16.8. The van der Waals surface area contributed by atoms with Gasteiger partial charge in [-0.25, -0.2) is 4.98 Å². The number of nitrogens with one attached hydrogen (secondary N) is 2. The summed E-state index contributed by atoms with van der Waals surface area (Å²) >= 11 is 5.92. The van der Waals surface area contributed by atoms with E-state index in [4.69, 9.17) is 16.3 Å². The molecule has 3 heterocycles. The smallest absolute Gasteiger partial charge is 0.246 e. The topological polar surface area (TPSA) is 92.3 Å². The summed E-state index contributed by atoms with van der Waals surface area (Å²) in [6.45, 7) is 4.37. The fraction of sp³-hybridized carbons (Fsp3) is 0.474. The zero-order chi connectivity index (χ0) is 19.8. The molecule has 148 valence electrons. The summed E-state index contributed by atoms with van der Waals surface area (Å²) in [6.07, 6.45) is 5.22. The maximum atomic E-state index is 12.0. The number of fused-ring (bicyclic) bond motifs is 1. The first kappa shape index (κ1) is 18.7. The second-order valence-electron chi connectivity index (χ2n) is 7.44. The van der Waals surface area contributed by atoms with Gasteiger partial charge in [-0.1, -0.05) is 11.6 Å². The summed E-state index contributed by atoms with van der Waals surface area (Å²) < 4.78 is 5.77. The van der Waals surface area contributed by atoms with Gasteiger partial charge in [0.05, 0.1) is 23.5 Å². The standard InChI is InChI=1S/C19H23ClN6O2/c1-10-16-17(26(3)11(2)18(27)24-16)25-19(22-10)23-14-4-12(5-14)9-28-15-6-13(20)7-21-8-15/h6-8,11-12,14H,4-5,9H2,1-3H3,(H,24,27)(H,22,23,25)/t11-,12?,14?/m0/s1. The lowest BCUT2D eigenvalue weighted by molar-refractivity contribution is -0.117. The van der Waals surface area contributed by atoms with Gasteiger partial charge in [0.2, 0.25) is 11.9 Å².